The number of halogens is 2. The van der Waals surface area contributed by atoms with E-state index < -0.39 is 5.82 Å². The Morgan fingerprint density at radius 2 is 2.08 bits per heavy atom. The van der Waals surface area contributed by atoms with Crippen LogP contribution in [0.15, 0.2) is 42.6 Å². The lowest BCUT2D eigenvalue weighted by atomic mass is 10.0. The maximum atomic E-state index is 13.4. The van der Waals surface area contributed by atoms with E-state index in [2.05, 4.69) is 10.3 Å². The number of rotatable bonds is 4. The Labute approximate surface area is 156 Å². The van der Waals surface area contributed by atoms with E-state index >= 15 is 0 Å². The van der Waals surface area contributed by atoms with Gasteiger partial charge in [-0.3, -0.25) is 4.79 Å². The molecule has 4 nitrogen and oxygen atoms in total. The van der Waals surface area contributed by atoms with Gasteiger partial charge >= 0.3 is 0 Å². The molecule has 0 fully saturated rings. The lowest BCUT2D eigenvalue weighted by Gasteiger charge is -2.18. The van der Waals surface area contributed by atoms with Crippen molar-refractivity contribution in [2.75, 3.05) is 18.9 Å². The summed E-state index contributed by atoms with van der Waals surface area (Å²) in [5.41, 5.74) is 2.17. The Bertz CT molecular complexity index is 990. The zero-order valence-corrected chi connectivity index (χ0v) is 15.6. The van der Waals surface area contributed by atoms with Gasteiger partial charge in [-0.2, -0.15) is 0 Å². The molecule has 2 aromatic carbocycles. The lowest BCUT2D eigenvalue weighted by Crippen LogP contribution is -2.26. The van der Waals surface area contributed by atoms with E-state index in [1.165, 1.54) is 12.1 Å². The first-order valence-electron chi connectivity index (χ1n) is 8.28. The summed E-state index contributed by atoms with van der Waals surface area (Å²) in [5, 5.41) is 4.87. The fourth-order valence-electron chi connectivity index (χ4n) is 2.81. The second-order valence-electron chi connectivity index (χ2n) is 6.09. The van der Waals surface area contributed by atoms with Crippen molar-refractivity contribution < 1.29 is 9.18 Å². The summed E-state index contributed by atoms with van der Waals surface area (Å²) in [6.07, 6.45) is 1.58. The monoisotopic (exact) mass is 371 g/mol. The van der Waals surface area contributed by atoms with Crippen molar-refractivity contribution in [3.8, 4) is 0 Å². The zero-order chi connectivity index (χ0) is 18.8. The van der Waals surface area contributed by atoms with Gasteiger partial charge in [0.05, 0.1) is 10.6 Å². The van der Waals surface area contributed by atoms with E-state index in [0.717, 1.165) is 16.3 Å². The average Bonchev–Trinajstić information content (AvgIpc) is 2.64. The predicted molar refractivity (Wildman–Crippen MR) is 104 cm³/mol. The number of benzene rings is 2. The minimum Gasteiger partial charge on any atom is -0.342 e. The predicted octanol–water partition coefficient (Wildman–Crippen LogP) is 5.17. The zero-order valence-electron chi connectivity index (χ0n) is 14.8. The number of carbonyl (C=O) groups is 1. The van der Waals surface area contributed by atoms with E-state index in [1.54, 1.807) is 24.2 Å². The first kappa shape index (κ1) is 18.1. The molecule has 0 bridgehead atoms. The number of aryl methyl sites for hydroxylation is 1. The van der Waals surface area contributed by atoms with Crippen molar-refractivity contribution in [2.24, 2.45) is 0 Å². The molecule has 0 spiro atoms. The molecule has 0 aliphatic rings. The molecule has 0 aliphatic heterocycles. The number of anilines is 2. The normalized spacial score (nSPS) is 10.8. The quantitative estimate of drug-likeness (QED) is 0.688. The van der Waals surface area contributed by atoms with Crippen molar-refractivity contribution in [3.05, 3.63) is 64.6 Å². The molecule has 0 aliphatic carbocycles. The van der Waals surface area contributed by atoms with E-state index in [1.807, 2.05) is 32.0 Å². The van der Waals surface area contributed by atoms with Crippen LogP contribution in [-0.2, 0) is 0 Å². The van der Waals surface area contributed by atoms with Gasteiger partial charge in [-0.05, 0) is 37.6 Å². The summed E-state index contributed by atoms with van der Waals surface area (Å²) in [5.74, 6) is 0.0344. The van der Waals surface area contributed by atoms with Gasteiger partial charge in [-0.15, -0.1) is 0 Å². The van der Waals surface area contributed by atoms with Crippen LogP contribution in [0.1, 0.15) is 22.8 Å². The fraction of sp³-hybridized carbons (Fsp3) is 0.200. The molecule has 1 aromatic heterocycles. The summed E-state index contributed by atoms with van der Waals surface area (Å²) in [6, 6.07) is 10.2. The molecule has 1 amide bonds. The number of aromatic nitrogens is 1. The SMILES string of the molecule is CCN(C)C(=O)c1cnc(Nc2ccc(F)c(Cl)c2)c2cccc(C)c12. The van der Waals surface area contributed by atoms with Crippen LogP contribution in [0.3, 0.4) is 0 Å². The third-order valence-electron chi connectivity index (χ3n) is 4.35. The Kier molecular flexibility index (Phi) is 5.09. The maximum absolute atomic E-state index is 13.4. The number of nitrogens with zero attached hydrogens (tertiary/aromatic N) is 2. The molecule has 0 unspecified atom stereocenters. The van der Waals surface area contributed by atoms with Crippen LogP contribution in [0, 0.1) is 12.7 Å². The van der Waals surface area contributed by atoms with Gasteiger partial charge in [0.1, 0.15) is 11.6 Å². The molecule has 26 heavy (non-hydrogen) atoms. The van der Waals surface area contributed by atoms with Gasteiger partial charge in [-0.1, -0.05) is 29.8 Å². The van der Waals surface area contributed by atoms with Gasteiger partial charge in [-0.25, -0.2) is 9.37 Å². The van der Waals surface area contributed by atoms with Gasteiger partial charge in [0, 0.05) is 36.2 Å². The smallest absolute Gasteiger partial charge is 0.255 e. The minimum atomic E-state index is -0.477. The molecular weight excluding hydrogens is 353 g/mol. The largest absolute Gasteiger partial charge is 0.342 e. The van der Waals surface area contributed by atoms with Crippen molar-refractivity contribution in [1.29, 1.82) is 0 Å². The molecular formula is C20H19ClFN3O. The molecule has 0 atom stereocenters. The standard InChI is InChI=1S/C20H19ClFN3O/c1-4-25(3)20(26)15-11-23-19(14-7-5-6-12(2)18(14)15)24-13-8-9-17(22)16(21)10-13/h5-11H,4H2,1-3H3,(H,23,24). The number of amides is 1. The highest BCUT2D eigenvalue weighted by Crippen LogP contribution is 2.31. The Balaban J connectivity index is 2.12. The van der Waals surface area contributed by atoms with Crippen molar-refractivity contribution in [2.45, 2.75) is 13.8 Å². The van der Waals surface area contributed by atoms with Gasteiger partial charge < -0.3 is 10.2 Å². The summed E-state index contributed by atoms with van der Waals surface area (Å²) >= 11 is 5.86. The molecule has 6 heteroatoms. The molecule has 0 radical (unpaired) electrons. The van der Waals surface area contributed by atoms with Crippen molar-refractivity contribution in [3.63, 3.8) is 0 Å². The van der Waals surface area contributed by atoms with Crippen LogP contribution in [-0.4, -0.2) is 29.4 Å². The molecule has 3 aromatic rings. The summed E-state index contributed by atoms with van der Waals surface area (Å²) in [6.45, 7) is 4.50. The number of carbonyl (C=O) groups excluding carboxylic acids is 1. The van der Waals surface area contributed by atoms with Crippen LogP contribution >= 0.6 is 11.6 Å². The number of hydrogen-bond acceptors (Lipinski definition) is 3. The lowest BCUT2D eigenvalue weighted by molar-refractivity contribution is 0.0804. The molecule has 134 valence electrons. The van der Waals surface area contributed by atoms with Gasteiger partial charge in [0.2, 0.25) is 0 Å². The third-order valence-corrected chi connectivity index (χ3v) is 4.64. The Morgan fingerprint density at radius 1 is 1.31 bits per heavy atom. The molecule has 0 saturated carbocycles. The minimum absolute atomic E-state index is 0.0341. The second-order valence-corrected chi connectivity index (χ2v) is 6.50. The first-order valence-corrected chi connectivity index (χ1v) is 8.66. The van der Waals surface area contributed by atoms with Crippen LogP contribution in [0.2, 0.25) is 5.02 Å². The van der Waals surface area contributed by atoms with E-state index in [9.17, 15) is 9.18 Å². The number of fused-ring (bicyclic) bond motifs is 1. The second kappa shape index (κ2) is 7.30. The Morgan fingerprint density at radius 3 is 2.77 bits per heavy atom. The van der Waals surface area contributed by atoms with Gasteiger partial charge in [0.15, 0.2) is 0 Å². The van der Waals surface area contributed by atoms with Crippen LogP contribution in [0.5, 0.6) is 0 Å². The highest BCUT2D eigenvalue weighted by Gasteiger charge is 2.18. The van der Waals surface area contributed by atoms with Crippen molar-refractivity contribution >= 4 is 39.8 Å². The third kappa shape index (κ3) is 3.35. The highest BCUT2D eigenvalue weighted by atomic mass is 35.5. The summed E-state index contributed by atoms with van der Waals surface area (Å²) in [7, 11) is 1.76. The number of hydrogen-bond donors (Lipinski definition) is 1. The van der Waals surface area contributed by atoms with Crippen LogP contribution in [0.25, 0.3) is 10.8 Å². The van der Waals surface area contributed by atoms with E-state index in [4.69, 9.17) is 11.6 Å². The Hall–Kier alpha value is -2.66. The van der Waals surface area contributed by atoms with E-state index in [0.29, 0.717) is 23.6 Å². The first-order chi connectivity index (χ1) is 12.4. The van der Waals surface area contributed by atoms with Crippen molar-refractivity contribution in [1.82, 2.24) is 9.88 Å². The molecule has 0 saturated heterocycles. The van der Waals surface area contributed by atoms with Crippen LogP contribution < -0.4 is 5.32 Å². The average molecular weight is 372 g/mol. The summed E-state index contributed by atoms with van der Waals surface area (Å²) < 4.78 is 13.4. The number of pyridine rings is 1. The summed E-state index contributed by atoms with van der Waals surface area (Å²) in [4.78, 5) is 18.8. The molecule has 1 heterocycles. The van der Waals surface area contributed by atoms with Crippen LogP contribution in [0.4, 0.5) is 15.9 Å². The van der Waals surface area contributed by atoms with E-state index in [-0.39, 0.29) is 10.9 Å². The van der Waals surface area contributed by atoms with Gasteiger partial charge in [0.25, 0.3) is 5.91 Å². The molecule has 3 rings (SSSR count). The maximum Gasteiger partial charge on any atom is 0.255 e. The molecule has 1 N–H and O–H groups in total. The topological polar surface area (TPSA) is 45.2 Å². The highest BCUT2D eigenvalue weighted by molar-refractivity contribution is 6.31. The number of nitrogens with one attached hydrogen (secondary N) is 1. The fourth-order valence-corrected chi connectivity index (χ4v) is 2.99.